The third-order valence-corrected chi connectivity index (χ3v) is 4.48. The molecule has 0 saturated heterocycles. The van der Waals surface area contributed by atoms with Gasteiger partial charge in [-0.05, 0) is 36.5 Å². The minimum atomic E-state index is -1.24. The Morgan fingerprint density at radius 3 is 2.62 bits per heavy atom. The summed E-state index contributed by atoms with van der Waals surface area (Å²) < 4.78 is 10.5. The monoisotopic (exact) mass is 291 g/mol. The zero-order valence-electron chi connectivity index (χ0n) is 11.8. The molecule has 0 spiro atoms. The van der Waals surface area contributed by atoms with E-state index in [0.717, 1.165) is 32.1 Å². The number of benzene rings is 1. The third kappa shape index (κ3) is 2.83. The summed E-state index contributed by atoms with van der Waals surface area (Å²) in [6, 6.07) is 4.98. The lowest BCUT2D eigenvalue weighted by Crippen LogP contribution is -2.40. The second-order valence-electron chi connectivity index (χ2n) is 5.80. The van der Waals surface area contributed by atoms with Crippen LogP contribution in [0.2, 0.25) is 0 Å². The minimum absolute atomic E-state index is 0.0204. The van der Waals surface area contributed by atoms with E-state index in [1.807, 2.05) is 0 Å². The summed E-state index contributed by atoms with van der Waals surface area (Å²) in [4.78, 5) is 11.5. The van der Waals surface area contributed by atoms with Gasteiger partial charge in [-0.1, -0.05) is 25.3 Å². The predicted molar refractivity (Wildman–Crippen MR) is 72.9 cm³/mol. The van der Waals surface area contributed by atoms with Crippen molar-refractivity contribution in [2.75, 3.05) is 6.79 Å². The average molecular weight is 291 g/mol. The number of carbonyl (C=O) groups excluding carboxylic acids is 1. The van der Waals surface area contributed by atoms with Gasteiger partial charge < -0.3 is 24.5 Å². The molecule has 114 valence electrons. The standard InChI is InChI=1S/C16H20O5/c17-15(10-4-2-1-3-5-10)14(16(18)19)11-6-7-12-13(8-11)21-9-20-12/h6-8,10,14-15,17H,1-5,9H2,(H,18,19)/p-1. The van der Waals surface area contributed by atoms with Gasteiger partial charge >= 0.3 is 0 Å². The van der Waals surface area contributed by atoms with Crippen molar-refractivity contribution in [2.45, 2.75) is 44.1 Å². The second-order valence-corrected chi connectivity index (χ2v) is 5.80. The summed E-state index contributed by atoms with van der Waals surface area (Å²) >= 11 is 0. The minimum Gasteiger partial charge on any atom is -0.549 e. The van der Waals surface area contributed by atoms with Crippen LogP contribution in [0.25, 0.3) is 0 Å². The van der Waals surface area contributed by atoms with Gasteiger partial charge in [-0.3, -0.25) is 0 Å². The zero-order chi connectivity index (χ0) is 14.8. The fourth-order valence-corrected chi connectivity index (χ4v) is 3.33. The third-order valence-electron chi connectivity index (χ3n) is 4.48. The number of aliphatic hydroxyl groups excluding tert-OH is 1. The number of carbonyl (C=O) groups is 1. The van der Waals surface area contributed by atoms with E-state index < -0.39 is 18.0 Å². The van der Waals surface area contributed by atoms with Crippen molar-refractivity contribution in [1.82, 2.24) is 0 Å². The van der Waals surface area contributed by atoms with E-state index >= 15 is 0 Å². The SMILES string of the molecule is O=C([O-])C(c1ccc2c(c1)OCO2)C(O)C1CCCCC1. The van der Waals surface area contributed by atoms with Gasteiger partial charge in [0.2, 0.25) is 6.79 Å². The normalized spacial score (nSPS) is 21.0. The van der Waals surface area contributed by atoms with E-state index in [4.69, 9.17) is 9.47 Å². The highest BCUT2D eigenvalue weighted by Crippen LogP contribution is 2.38. The van der Waals surface area contributed by atoms with Crippen LogP contribution in [0.3, 0.4) is 0 Å². The number of carboxylic acids is 1. The molecule has 1 aliphatic carbocycles. The summed E-state index contributed by atoms with van der Waals surface area (Å²) in [6.45, 7) is 0.139. The van der Waals surface area contributed by atoms with Crippen molar-refractivity contribution < 1.29 is 24.5 Å². The molecule has 1 aromatic carbocycles. The van der Waals surface area contributed by atoms with Crippen LogP contribution in [0.4, 0.5) is 0 Å². The first-order valence-corrected chi connectivity index (χ1v) is 7.45. The van der Waals surface area contributed by atoms with E-state index in [1.54, 1.807) is 18.2 Å². The maximum absolute atomic E-state index is 11.5. The molecule has 3 rings (SSSR count). The van der Waals surface area contributed by atoms with Gasteiger partial charge in [0.25, 0.3) is 0 Å². The molecule has 5 heteroatoms. The zero-order valence-corrected chi connectivity index (χ0v) is 11.8. The molecule has 2 unspecified atom stereocenters. The van der Waals surface area contributed by atoms with Crippen LogP contribution in [-0.4, -0.2) is 24.0 Å². The van der Waals surface area contributed by atoms with Crippen molar-refractivity contribution in [2.24, 2.45) is 5.92 Å². The van der Waals surface area contributed by atoms with Gasteiger partial charge in [-0.15, -0.1) is 0 Å². The maximum Gasteiger partial charge on any atom is 0.231 e. The molecule has 1 saturated carbocycles. The van der Waals surface area contributed by atoms with E-state index in [1.165, 1.54) is 0 Å². The van der Waals surface area contributed by atoms with Crippen LogP contribution >= 0.6 is 0 Å². The number of aliphatic hydroxyl groups is 1. The number of carboxylic acid groups (broad SMARTS) is 1. The number of ether oxygens (including phenoxy) is 2. The molecule has 0 amide bonds. The number of aliphatic carboxylic acids is 1. The summed E-state index contributed by atoms with van der Waals surface area (Å²) in [5.74, 6) is -1.13. The Morgan fingerprint density at radius 2 is 1.90 bits per heavy atom. The van der Waals surface area contributed by atoms with Crippen molar-refractivity contribution >= 4 is 5.97 Å². The Labute approximate surface area is 123 Å². The van der Waals surface area contributed by atoms with E-state index in [-0.39, 0.29) is 12.7 Å². The van der Waals surface area contributed by atoms with Crippen LogP contribution in [0.15, 0.2) is 18.2 Å². The molecule has 0 bridgehead atoms. The van der Waals surface area contributed by atoms with Crippen molar-refractivity contribution in [1.29, 1.82) is 0 Å². The molecule has 1 fully saturated rings. The van der Waals surface area contributed by atoms with Crippen LogP contribution < -0.4 is 14.6 Å². The van der Waals surface area contributed by atoms with Crippen LogP contribution in [0.1, 0.15) is 43.6 Å². The molecular weight excluding hydrogens is 272 g/mol. The van der Waals surface area contributed by atoms with Gasteiger partial charge in [-0.25, -0.2) is 0 Å². The lowest BCUT2D eigenvalue weighted by molar-refractivity contribution is -0.310. The van der Waals surface area contributed by atoms with Crippen molar-refractivity contribution in [3.63, 3.8) is 0 Å². The Hall–Kier alpha value is -1.75. The lowest BCUT2D eigenvalue weighted by atomic mass is 9.78. The Balaban J connectivity index is 1.85. The number of fused-ring (bicyclic) bond motifs is 1. The quantitative estimate of drug-likeness (QED) is 0.901. The topological polar surface area (TPSA) is 78.8 Å². The molecule has 5 nitrogen and oxygen atoms in total. The summed E-state index contributed by atoms with van der Waals surface area (Å²) in [7, 11) is 0. The Morgan fingerprint density at radius 1 is 1.19 bits per heavy atom. The Bertz CT molecular complexity index is 521. The molecule has 2 aliphatic rings. The summed E-state index contributed by atoms with van der Waals surface area (Å²) in [6.07, 6.45) is 4.06. The highest BCUT2D eigenvalue weighted by atomic mass is 16.7. The smallest absolute Gasteiger partial charge is 0.231 e. The van der Waals surface area contributed by atoms with Crippen molar-refractivity contribution in [3.8, 4) is 11.5 Å². The number of hydrogen-bond acceptors (Lipinski definition) is 5. The van der Waals surface area contributed by atoms with Gasteiger partial charge in [-0.2, -0.15) is 0 Å². The Kier molecular flexibility index (Phi) is 4.01. The first-order chi connectivity index (χ1) is 10.2. The largest absolute Gasteiger partial charge is 0.549 e. The highest BCUT2D eigenvalue weighted by molar-refractivity contribution is 5.75. The molecule has 21 heavy (non-hydrogen) atoms. The maximum atomic E-state index is 11.5. The molecular formula is C16H19O5-. The van der Waals surface area contributed by atoms with E-state index in [2.05, 4.69) is 0 Å². The average Bonchev–Trinajstić information content (AvgIpc) is 2.95. The molecule has 2 atom stereocenters. The lowest BCUT2D eigenvalue weighted by Gasteiger charge is -2.33. The van der Waals surface area contributed by atoms with Gasteiger partial charge in [0.15, 0.2) is 11.5 Å². The second kappa shape index (κ2) is 5.93. The first-order valence-electron chi connectivity index (χ1n) is 7.45. The van der Waals surface area contributed by atoms with Crippen molar-refractivity contribution in [3.05, 3.63) is 23.8 Å². The molecule has 1 aromatic rings. The van der Waals surface area contributed by atoms with Crippen LogP contribution in [0, 0.1) is 5.92 Å². The summed E-state index contributed by atoms with van der Waals surface area (Å²) in [5, 5.41) is 22.1. The highest BCUT2D eigenvalue weighted by Gasteiger charge is 2.31. The molecule has 1 N–H and O–H groups in total. The first kappa shape index (κ1) is 14.2. The predicted octanol–water partition coefficient (Wildman–Crippen LogP) is 1.19. The molecule has 1 aliphatic heterocycles. The van der Waals surface area contributed by atoms with Crippen LogP contribution in [0.5, 0.6) is 11.5 Å². The fraction of sp³-hybridized carbons (Fsp3) is 0.562. The molecule has 1 heterocycles. The number of hydrogen-bond donors (Lipinski definition) is 1. The van der Waals surface area contributed by atoms with E-state index in [9.17, 15) is 15.0 Å². The van der Waals surface area contributed by atoms with Gasteiger partial charge in [0, 0.05) is 5.92 Å². The fourth-order valence-electron chi connectivity index (χ4n) is 3.33. The van der Waals surface area contributed by atoms with Gasteiger partial charge in [0.1, 0.15) is 0 Å². The van der Waals surface area contributed by atoms with Gasteiger partial charge in [0.05, 0.1) is 12.1 Å². The van der Waals surface area contributed by atoms with Crippen LogP contribution in [-0.2, 0) is 4.79 Å². The molecule has 0 radical (unpaired) electrons. The van der Waals surface area contributed by atoms with E-state index in [0.29, 0.717) is 17.1 Å². The summed E-state index contributed by atoms with van der Waals surface area (Å²) in [5.41, 5.74) is 0.511. The molecule has 0 aromatic heterocycles. The number of rotatable bonds is 4.